The van der Waals surface area contributed by atoms with Crippen molar-refractivity contribution in [2.45, 2.75) is 6.92 Å². The van der Waals surface area contributed by atoms with Crippen molar-refractivity contribution in [1.29, 1.82) is 5.26 Å². The van der Waals surface area contributed by atoms with Crippen LogP contribution in [0.25, 0.3) is 0 Å². The Kier molecular flexibility index (Phi) is 5.71. The van der Waals surface area contributed by atoms with Crippen molar-refractivity contribution in [3.8, 4) is 6.07 Å². The van der Waals surface area contributed by atoms with Gasteiger partial charge in [0.15, 0.2) is 0 Å². The van der Waals surface area contributed by atoms with E-state index in [-0.39, 0.29) is 5.57 Å². The van der Waals surface area contributed by atoms with E-state index >= 15 is 0 Å². The molecule has 7 nitrogen and oxygen atoms in total. The van der Waals surface area contributed by atoms with Gasteiger partial charge in [0, 0.05) is 30.0 Å². The molecule has 2 aromatic rings. The fourth-order valence-electron chi connectivity index (χ4n) is 1.96. The van der Waals surface area contributed by atoms with E-state index in [1.165, 1.54) is 37.5 Å². The fraction of sp³-hybridized carbons (Fsp3) is 0.0588. The molecule has 126 valence electrons. The van der Waals surface area contributed by atoms with Crippen LogP contribution < -0.4 is 16.0 Å². The second kappa shape index (κ2) is 7.95. The molecule has 0 aliphatic rings. The van der Waals surface area contributed by atoms with Crippen LogP contribution in [0.15, 0.2) is 54.4 Å². The van der Waals surface area contributed by atoms with Gasteiger partial charge in [-0.1, -0.05) is 11.6 Å². The van der Waals surface area contributed by atoms with Gasteiger partial charge in [0.05, 0.1) is 5.69 Å². The molecule has 1 heterocycles. The number of nitrogens with zero attached hydrogens (tertiary/aromatic N) is 3. The zero-order valence-electron chi connectivity index (χ0n) is 13.2. The quantitative estimate of drug-likeness (QED) is 0.495. The third-order valence-corrected chi connectivity index (χ3v) is 3.34. The summed E-state index contributed by atoms with van der Waals surface area (Å²) in [6, 6.07) is 11.1. The number of rotatable bonds is 4. The molecule has 0 saturated carbocycles. The van der Waals surface area contributed by atoms with Crippen molar-refractivity contribution < 1.29 is 9.59 Å². The van der Waals surface area contributed by atoms with Crippen LogP contribution in [0.1, 0.15) is 6.92 Å². The Morgan fingerprint density at radius 2 is 2.00 bits per heavy atom. The highest BCUT2D eigenvalue weighted by Gasteiger charge is 2.23. The van der Waals surface area contributed by atoms with Gasteiger partial charge >= 0.3 is 0 Å². The number of nitrogen functional groups attached to an aromatic ring is 1. The molecule has 0 spiro atoms. The smallest absolute Gasteiger partial charge is 0.277 e. The Morgan fingerprint density at radius 1 is 1.32 bits per heavy atom. The molecule has 0 fully saturated rings. The van der Waals surface area contributed by atoms with Gasteiger partial charge in [-0.05, 0) is 36.4 Å². The number of hydrogen-bond donors (Lipinski definition) is 2. The Morgan fingerprint density at radius 3 is 2.56 bits per heavy atom. The Balaban J connectivity index is 2.29. The monoisotopic (exact) mass is 355 g/mol. The Labute approximate surface area is 149 Å². The number of amides is 2. The SMILES string of the molecule is CC(=O)N(C(=O)/C(C#N)=C\Nc1cc(Cl)ccn1)c1ccc(N)cc1. The first-order valence-corrected chi connectivity index (χ1v) is 7.49. The summed E-state index contributed by atoms with van der Waals surface area (Å²) in [6.45, 7) is 1.23. The lowest BCUT2D eigenvalue weighted by Gasteiger charge is -2.19. The topological polar surface area (TPSA) is 112 Å². The number of benzene rings is 1. The van der Waals surface area contributed by atoms with Gasteiger partial charge in [-0.2, -0.15) is 5.26 Å². The third-order valence-electron chi connectivity index (χ3n) is 3.11. The number of nitrogens with two attached hydrogens (primary N) is 1. The van der Waals surface area contributed by atoms with Crippen molar-refractivity contribution in [2.24, 2.45) is 0 Å². The van der Waals surface area contributed by atoms with Crippen molar-refractivity contribution in [3.05, 3.63) is 59.4 Å². The van der Waals surface area contributed by atoms with Gasteiger partial charge in [-0.15, -0.1) is 0 Å². The molecule has 0 aliphatic carbocycles. The van der Waals surface area contributed by atoms with Crippen LogP contribution in [0, 0.1) is 11.3 Å². The van der Waals surface area contributed by atoms with Crippen LogP contribution in [0.3, 0.4) is 0 Å². The number of carbonyl (C=O) groups excluding carboxylic acids is 2. The molecule has 0 bridgehead atoms. The largest absolute Gasteiger partial charge is 0.399 e. The molecule has 0 unspecified atom stereocenters. The highest BCUT2D eigenvalue weighted by Crippen LogP contribution is 2.19. The lowest BCUT2D eigenvalue weighted by Crippen LogP contribution is -2.36. The predicted molar refractivity (Wildman–Crippen MR) is 95.6 cm³/mol. The Bertz CT molecular complexity index is 871. The van der Waals surface area contributed by atoms with Gasteiger partial charge in [-0.3, -0.25) is 9.59 Å². The minimum Gasteiger partial charge on any atom is -0.399 e. The number of nitriles is 1. The van der Waals surface area contributed by atoms with E-state index in [0.717, 1.165) is 4.90 Å². The molecule has 0 atom stereocenters. The molecule has 1 aromatic carbocycles. The third kappa shape index (κ3) is 4.56. The van der Waals surface area contributed by atoms with Crippen LogP contribution in [0.4, 0.5) is 17.2 Å². The van der Waals surface area contributed by atoms with Gasteiger partial charge in [0.25, 0.3) is 5.91 Å². The van der Waals surface area contributed by atoms with E-state index < -0.39 is 11.8 Å². The first kappa shape index (κ1) is 18.0. The second-order valence-corrected chi connectivity index (χ2v) is 5.36. The van der Waals surface area contributed by atoms with E-state index in [2.05, 4.69) is 10.3 Å². The van der Waals surface area contributed by atoms with E-state index in [0.29, 0.717) is 22.2 Å². The van der Waals surface area contributed by atoms with Gasteiger partial charge in [0.2, 0.25) is 5.91 Å². The van der Waals surface area contributed by atoms with Crippen molar-refractivity contribution >= 4 is 40.6 Å². The average molecular weight is 356 g/mol. The normalized spacial score (nSPS) is 10.7. The number of hydrogen-bond acceptors (Lipinski definition) is 6. The lowest BCUT2D eigenvalue weighted by atomic mass is 10.2. The summed E-state index contributed by atoms with van der Waals surface area (Å²) in [4.78, 5) is 29.4. The summed E-state index contributed by atoms with van der Waals surface area (Å²) in [6.07, 6.45) is 2.65. The molecule has 0 radical (unpaired) electrons. The van der Waals surface area contributed by atoms with Crippen LogP contribution >= 0.6 is 11.6 Å². The van der Waals surface area contributed by atoms with Gasteiger partial charge < -0.3 is 11.1 Å². The standard InChI is InChI=1S/C17H14ClN5O2/c1-11(24)23(15-4-2-14(20)3-5-15)17(25)12(9-19)10-22-16-8-13(18)6-7-21-16/h2-8,10H,20H2,1H3,(H,21,22)/b12-10-. The first-order chi connectivity index (χ1) is 11.9. The van der Waals surface area contributed by atoms with Crippen LogP contribution in [-0.2, 0) is 9.59 Å². The number of nitrogens with one attached hydrogen (secondary N) is 1. The van der Waals surface area contributed by atoms with Gasteiger partial charge in [-0.25, -0.2) is 9.88 Å². The molecule has 0 aliphatic heterocycles. The highest BCUT2D eigenvalue weighted by atomic mass is 35.5. The molecule has 2 rings (SSSR count). The van der Waals surface area contributed by atoms with Crippen LogP contribution in [0.5, 0.6) is 0 Å². The molecular formula is C17H14ClN5O2. The molecule has 25 heavy (non-hydrogen) atoms. The van der Waals surface area contributed by atoms with E-state index in [9.17, 15) is 14.9 Å². The number of anilines is 3. The minimum absolute atomic E-state index is 0.270. The van der Waals surface area contributed by atoms with E-state index in [1.54, 1.807) is 24.3 Å². The summed E-state index contributed by atoms with van der Waals surface area (Å²) in [5.41, 5.74) is 6.14. The zero-order valence-corrected chi connectivity index (χ0v) is 14.0. The highest BCUT2D eigenvalue weighted by molar-refractivity contribution is 6.30. The number of imide groups is 1. The summed E-state index contributed by atoms with van der Waals surface area (Å²) in [5.74, 6) is -0.944. The average Bonchev–Trinajstić information content (AvgIpc) is 2.57. The van der Waals surface area contributed by atoms with E-state index in [4.69, 9.17) is 17.3 Å². The maximum atomic E-state index is 12.6. The fourth-order valence-corrected chi connectivity index (χ4v) is 2.12. The van der Waals surface area contributed by atoms with Crippen molar-refractivity contribution in [3.63, 3.8) is 0 Å². The van der Waals surface area contributed by atoms with Crippen LogP contribution in [0.2, 0.25) is 5.02 Å². The zero-order chi connectivity index (χ0) is 18.4. The predicted octanol–water partition coefficient (Wildman–Crippen LogP) is 2.72. The summed E-state index contributed by atoms with van der Waals surface area (Å²) >= 11 is 5.85. The molecule has 8 heteroatoms. The molecule has 1 aromatic heterocycles. The van der Waals surface area contributed by atoms with E-state index in [1.807, 2.05) is 0 Å². The molecule has 3 N–H and O–H groups in total. The van der Waals surface area contributed by atoms with Crippen LogP contribution in [-0.4, -0.2) is 16.8 Å². The number of halogens is 1. The number of aromatic nitrogens is 1. The minimum atomic E-state index is -0.769. The maximum Gasteiger partial charge on any atom is 0.277 e. The first-order valence-electron chi connectivity index (χ1n) is 7.11. The molecular weight excluding hydrogens is 342 g/mol. The summed E-state index contributed by atoms with van der Waals surface area (Å²) < 4.78 is 0. The molecule has 0 saturated heterocycles. The number of carbonyl (C=O) groups is 2. The van der Waals surface area contributed by atoms with Crippen molar-refractivity contribution in [2.75, 3.05) is 16.0 Å². The summed E-state index contributed by atoms with van der Waals surface area (Å²) in [5, 5.41) is 12.4. The van der Waals surface area contributed by atoms with Crippen molar-refractivity contribution in [1.82, 2.24) is 4.98 Å². The number of pyridine rings is 1. The lowest BCUT2D eigenvalue weighted by molar-refractivity contribution is -0.123. The van der Waals surface area contributed by atoms with Gasteiger partial charge in [0.1, 0.15) is 17.5 Å². The molecule has 2 amide bonds. The second-order valence-electron chi connectivity index (χ2n) is 4.92. The summed E-state index contributed by atoms with van der Waals surface area (Å²) in [7, 11) is 0. The maximum absolute atomic E-state index is 12.6. The Hall–Kier alpha value is -3.37.